The van der Waals surface area contributed by atoms with Crippen LogP contribution in [0.2, 0.25) is 0 Å². The third-order valence-electron chi connectivity index (χ3n) is 5.09. The second-order valence-electron chi connectivity index (χ2n) is 6.88. The standard InChI is InChI=1S/C22H23N3O/c1-16-9-11-18(12-10-16)14-23-22(26)25-15-19-6-3-4-7-21(19)24-13-5-8-20(24)17(25)2/h3-13,17H,14-15H2,1-2H3,(H,23,26)/t17-/m0/s1. The van der Waals surface area contributed by atoms with Crippen molar-refractivity contribution in [1.29, 1.82) is 0 Å². The van der Waals surface area contributed by atoms with E-state index in [4.69, 9.17) is 0 Å². The highest BCUT2D eigenvalue weighted by molar-refractivity contribution is 5.75. The highest BCUT2D eigenvalue weighted by Gasteiger charge is 2.28. The molecule has 1 aromatic heterocycles. The number of carbonyl (C=O) groups is 1. The topological polar surface area (TPSA) is 37.3 Å². The number of nitrogens with one attached hydrogen (secondary N) is 1. The van der Waals surface area contributed by atoms with Crippen molar-refractivity contribution in [2.24, 2.45) is 0 Å². The van der Waals surface area contributed by atoms with E-state index in [1.54, 1.807) is 0 Å². The molecule has 4 rings (SSSR count). The van der Waals surface area contributed by atoms with Crippen molar-refractivity contribution in [3.8, 4) is 5.69 Å². The van der Waals surface area contributed by atoms with Gasteiger partial charge in [0.1, 0.15) is 0 Å². The van der Waals surface area contributed by atoms with Crippen LogP contribution in [-0.2, 0) is 13.1 Å². The zero-order chi connectivity index (χ0) is 18.1. The Labute approximate surface area is 154 Å². The van der Waals surface area contributed by atoms with Gasteiger partial charge in [-0.1, -0.05) is 48.0 Å². The van der Waals surface area contributed by atoms with Crippen LogP contribution in [0.5, 0.6) is 0 Å². The number of fused-ring (bicyclic) bond motifs is 3. The molecular formula is C22H23N3O. The smallest absolute Gasteiger partial charge is 0.318 e. The van der Waals surface area contributed by atoms with E-state index in [1.807, 2.05) is 23.1 Å². The number of carbonyl (C=O) groups excluding carboxylic acids is 1. The first kappa shape index (κ1) is 16.5. The van der Waals surface area contributed by atoms with Crippen molar-refractivity contribution < 1.29 is 4.79 Å². The molecule has 0 radical (unpaired) electrons. The van der Waals surface area contributed by atoms with E-state index in [0.29, 0.717) is 13.1 Å². The van der Waals surface area contributed by atoms with E-state index in [0.717, 1.165) is 22.5 Å². The van der Waals surface area contributed by atoms with Crippen LogP contribution in [0.25, 0.3) is 5.69 Å². The second-order valence-corrected chi connectivity index (χ2v) is 6.88. The van der Waals surface area contributed by atoms with E-state index in [1.165, 1.54) is 5.56 Å². The largest absolute Gasteiger partial charge is 0.334 e. The first-order chi connectivity index (χ1) is 12.6. The third-order valence-corrected chi connectivity index (χ3v) is 5.09. The maximum Gasteiger partial charge on any atom is 0.318 e. The van der Waals surface area contributed by atoms with Gasteiger partial charge in [-0.2, -0.15) is 0 Å². The van der Waals surface area contributed by atoms with Gasteiger partial charge in [0.25, 0.3) is 0 Å². The number of aryl methyl sites for hydroxylation is 1. The van der Waals surface area contributed by atoms with Crippen LogP contribution in [0.3, 0.4) is 0 Å². The molecule has 1 atom stereocenters. The van der Waals surface area contributed by atoms with E-state index in [9.17, 15) is 4.79 Å². The zero-order valence-corrected chi connectivity index (χ0v) is 15.1. The number of rotatable bonds is 2. The lowest BCUT2D eigenvalue weighted by molar-refractivity contribution is 0.175. The summed E-state index contributed by atoms with van der Waals surface area (Å²) in [7, 11) is 0. The molecule has 0 fully saturated rings. The normalized spacial score (nSPS) is 15.8. The van der Waals surface area contributed by atoms with Crippen molar-refractivity contribution in [2.45, 2.75) is 33.0 Å². The van der Waals surface area contributed by atoms with Gasteiger partial charge in [-0.15, -0.1) is 0 Å². The van der Waals surface area contributed by atoms with E-state index in [-0.39, 0.29) is 12.1 Å². The minimum absolute atomic E-state index is 0.00424. The van der Waals surface area contributed by atoms with Gasteiger partial charge in [0, 0.05) is 18.4 Å². The predicted octanol–water partition coefficient (Wildman–Crippen LogP) is 4.57. The van der Waals surface area contributed by atoms with Crippen molar-refractivity contribution in [2.75, 3.05) is 0 Å². The van der Waals surface area contributed by atoms with Crippen molar-refractivity contribution in [3.63, 3.8) is 0 Å². The van der Waals surface area contributed by atoms with Gasteiger partial charge in [-0.3, -0.25) is 0 Å². The van der Waals surface area contributed by atoms with Crippen LogP contribution < -0.4 is 5.32 Å². The molecule has 0 aliphatic carbocycles. The number of para-hydroxylation sites is 1. The Bertz CT molecular complexity index is 927. The fraction of sp³-hybridized carbons (Fsp3) is 0.227. The van der Waals surface area contributed by atoms with Crippen LogP contribution in [0, 0.1) is 6.92 Å². The molecule has 0 spiro atoms. The fourth-order valence-corrected chi connectivity index (χ4v) is 3.55. The van der Waals surface area contributed by atoms with Gasteiger partial charge in [0.15, 0.2) is 0 Å². The molecule has 3 aromatic rings. The lowest BCUT2D eigenvalue weighted by atomic mass is 10.1. The summed E-state index contributed by atoms with van der Waals surface area (Å²) in [5.74, 6) is 0. The molecule has 1 N–H and O–H groups in total. The predicted molar refractivity (Wildman–Crippen MR) is 103 cm³/mol. The first-order valence-electron chi connectivity index (χ1n) is 8.99. The highest BCUT2D eigenvalue weighted by Crippen LogP contribution is 2.31. The molecule has 26 heavy (non-hydrogen) atoms. The van der Waals surface area contributed by atoms with Gasteiger partial charge in [0.05, 0.1) is 18.3 Å². The Hall–Kier alpha value is -3.01. The average molecular weight is 345 g/mol. The SMILES string of the molecule is Cc1ccc(CNC(=O)N2Cc3ccccc3-n3cccc3[C@@H]2C)cc1. The van der Waals surface area contributed by atoms with Crippen LogP contribution >= 0.6 is 0 Å². The summed E-state index contributed by atoms with van der Waals surface area (Å²) in [4.78, 5) is 14.9. The van der Waals surface area contributed by atoms with Crippen molar-refractivity contribution in [1.82, 2.24) is 14.8 Å². The van der Waals surface area contributed by atoms with E-state index in [2.05, 4.69) is 72.4 Å². The van der Waals surface area contributed by atoms with Gasteiger partial charge in [0.2, 0.25) is 0 Å². The summed E-state index contributed by atoms with van der Waals surface area (Å²) in [5.41, 5.74) is 5.75. The summed E-state index contributed by atoms with van der Waals surface area (Å²) in [5, 5.41) is 3.08. The summed E-state index contributed by atoms with van der Waals surface area (Å²) in [6.07, 6.45) is 2.07. The molecule has 2 amide bonds. The van der Waals surface area contributed by atoms with E-state index >= 15 is 0 Å². The van der Waals surface area contributed by atoms with Crippen LogP contribution in [-0.4, -0.2) is 15.5 Å². The number of urea groups is 1. The zero-order valence-electron chi connectivity index (χ0n) is 15.1. The lowest BCUT2D eigenvalue weighted by Crippen LogP contribution is -2.40. The molecule has 0 saturated carbocycles. The Morgan fingerprint density at radius 1 is 1.08 bits per heavy atom. The molecular weight excluding hydrogens is 322 g/mol. The molecule has 4 heteroatoms. The maximum absolute atomic E-state index is 12.9. The lowest BCUT2D eigenvalue weighted by Gasteiger charge is -2.27. The van der Waals surface area contributed by atoms with Crippen molar-refractivity contribution >= 4 is 6.03 Å². The van der Waals surface area contributed by atoms with E-state index < -0.39 is 0 Å². The minimum Gasteiger partial charge on any atom is -0.334 e. The Morgan fingerprint density at radius 3 is 2.65 bits per heavy atom. The molecule has 2 aromatic carbocycles. The molecule has 1 aliphatic heterocycles. The van der Waals surface area contributed by atoms with Gasteiger partial charge < -0.3 is 14.8 Å². The third kappa shape index (κ3) is 2.99. The Morgan fingerprint density at radius 2 is 1.85 bits per heavy atom. The number of amides is 2. The molecule has 4 nitrogen and oxygen atoms in total. The summed E-state index contributed by atoms with van der Waals surface area (Å²) >= 11 is 0. The van der Waals surface area contributed by atoms with Crippen LogP contribution in [0.1, 0.15) is 35.3 Å². The quantitative estimate of drug-likeness (QED) is 0.726. The summed E-state index contributed by atoms with van der Waals surface area (Å²) < 4.78 is 2.19. The molecule has 2 heterocycles. The number of benzene rings is 2. The Balaban J connectivity index is 1.58. The minimum atomic E-state index is -0.0393. The van der Waals surface area contributed by atoms with Crippen LogP contribution in [0.4, 0.5) is 4.79 Å². The molecule has 0 unspecified atom stereocenters. The Kier molecular flexibility index (Phi) is 4.25. The summed E-state index contributed by atoms with van der Waals surface area (Å²) in [6.45, 7) is 5.28. The van der Waals surface area contributed by atoms with Gasteiger partial charge >= 0.3 is 6.03 Å². The summed E-state index contributed by atoms with van der Waals surface area (Å²) in [6, 6.07) is 20.6. The monoisotopic (exact) mass is 345 g/mol. The highest BCUT2D eigenvalue weighted by atomic mass is 16.2. The number of aromatic nitrogens is 1. The number of nitrogens with zero attached hydrogens (tertiary/aromatic N) is 2. The molecule has 0 bridgehead atoms. The first-order valence-corrected chi connectivity index (χ1v) is 8.99. The van der Waals surface area contributed by atoms with Gasteiger partial charge in [-0.25, -0.2) is 4.79 Å². The van der Waals surface area contributed by atoms with Gasteiger partial charge in [-0.05, 0) is 43.2 Å². The number of hydrogen-bond acceptors (Lipinski definition) is 1. The molecule has 0 saturated heterocycles. The molecule has 1 aliphatic rings. The van der Waals surface area contributed by atoms with Crippen molar-refractivity contribution in [3.05, 3.63) is 89.2 Å². The molecule has 132 valence electrons. The fourth-order valence-electron chi connectivity index (χ4n) is 3.55. The second kappa shape index (κ2) is 6.71. The van der Waals surface area contributed by atoms with Crippen LogP contribution in [0.15, 0.2) is 66.9 Å². The maximum atomic E-state index is 12.9. The number of hydrogen-bond donors (Lipinski definition) is 1. The average Bonchev–Trinajstić information content (AvgIpc) is 3.11.